The molecule has 0 saturated carbocycles. The van der Waals surface area contributed by atoms with Crippen molar-refractivity contribution < 1.29 is 34.7 Å². The number of benzene rings is 2. The maximum Gasteiger partial charge on any atom is 0.296 e. The van der Waals surface area contributed by atoms with Gasteiger partial charge in [-0.25, -0.2) is 4.21 Å². The molecule has 0 saturated heterocycles. The highest BCUT2D eigenvalue weighted by Gasteiger charge is 2.21. The Morgan fingerprint density at radius 1 is 0.857 bits per heavy atom. The zero-order chi connectivity index (χ0) is 26.0. The van der Waals surface area contributed by atoms with Crippen LogP contribution in [0.25, 0.3) is 0 Å². The molecule has 1 heterocycles. The molecule has 0 radical (unpaired) electrons. The zero-order valence-electron chi connectivity index (χ0n) is 17.9. The number of aromatic nitrogens is 3. The molecule has 0 amide bonds. The monoisotopic (exact) mass is 545 g/mol. The molecule has 35 heavy (non-hydrogen) atoms. The number of anilines is 6. The van der Waals surface area contributed by atoms with E-state index in [0.29, 0.717) is 11.4 Å². The van der Waals surface area contributed by atoms with E-state index in [1.54, 1.807) is 32.3 Å². The lowest BCUT2D eigenvalue weighted by atomic mass is 10.3. The first-order chi connectivity index (χ1) is 16.2. The van der Waals surface area contributed by atoms with Crippen LogP contribution in [0.15, 0.2) is 52.3 Å². The molecule has 15 nitrogen and oxygen atoms in total. The van der Waals surface area contributed by atoms with Crippen molar-refractivity contribution in [2.75, 3.05) is 34.4 Å². The highest BCUT2D eigenvalue weighted by Crippen LogP contribution is 2.28. The summed E-state index contributed by atoms with van der Waals surface area (Å²) in [6, 6.07) is 8.62. The van der Waals surface area contributed by atoms with Crippen LogP contribution in [0.2, 0.25) is 0 Å². The number of hydrogen-bond donors (Lipinski definition) is 6. The van der Waals surface area contributed by atoms with Gasteiger partial charge in [0.15, 0.2) is 0 Å². The van der Waals surface area contributed by atoms with Crippen LogP contribution in [-0.4, -0.2) is 63.8 Å². The van der Waals surface area contributed by atoms with E-state index in [1.165, 1.54) is 11.0 Å². The molecule has 0 spiro atoms. The topological polar surface area (TPSA) is 224 Å². The highest BCUT2D eigenvalue weighted by molar-refractivity contribution is 7.86. The lowest BCUT2D eigenvalue weighted by molar-refractivity contribution is 0.479. The van der Waals surface area contributed by atoms with Crippen LogP contribution < -0.4 is 20.3 Å². The first kappa shape index (κ1) is 26.2. The van der Waals surface area contributed by atoms with E-state index < -0.39 is 47.0 Å². The van der Waals surface area contributed by atoms with Gasteiger partial charge in [0.05, 0.1) is 16.3 Å². The Hall–Kier alpha value is -3.42. The van der Waals surface area contributed by atoms with Crippen molar-refractivity contribution >= 4 is 66.4 Å². The Kier molecular flexibility index (Phi) is 7.53. The maximum atomic E-state index is 11.8. The van der Waals surface area contributed by atoms with Gasteiger partial charge in [-0.2, -0.15) is 31.8 Å². The average Bonchev–Trinajstić information content (AvgIpc) is 2.72. The molecule has 3 aromatic rings. The Bertz CT molecular complexity index is 1500. The van der Waals surface area contributed by atoms with Crippen molar-refractivity contribution in [2.45, 2.75) is 9.79 Å². The lowest BCUT2D eigenvalue weighted by Gasteiger charge is -2.15. The average molecular weight is 546 g/mol. The Balaban J connectivity index is 2.05. The second kappa shape index (κ2) is 10.1. The normalized spacial score (nSPS) is 12.6. The molecule has 188 valence electrons. The molecule has 18 heteroatoms. The summed E-state index contributed by atoms with van der Waals surface area (Å²) in [7, 11) is -6.27. The number of nitrogens with one attached hydrogen (secondary N) is 3. The molecule has 0 fully saturated rings. The number of hydrogen-bond acceptors (Lipinski definition) is 11. The van der Waals surface area contributed by atoms with Crippen molar-refractivity contribution in [1.29, 1.82) is 0 Å². The van der Waals surface area contributed by atoms with Crippen molar-refractivity contribution in [3.05, 3.63) is 42.5 Å². The van der Waals surface area contributed by atoms with Crippen molar-refractivity contribution in [3.8, 4) is 0 Å². The smallest absolute Gasteiger partial charge is 0.296 e. The van der Waals surface area contributed by atoms with Crippen molar-refractivity contribution in [3.63, 3.8) is 0 Å². The Labute approximate surface area is 202 Å². The van der Waals surface area contributed by atoms with Crippen LogP contribution in [0.4, 0.5) is 34.9 Å². The van der Waals surface area contributed by atoms with Crippen LogP contribution in [0.5, 0.6) is 0 Å². The zero-order valence-corrected chi connectivity index (χ0v) is 20.4. The van der Waals surface area contributed by atoms with Crippen LogP contribution in [0.3, 0.4) is 0 Å². The van der Waals surface area contributed by atoms with Gasteiger partial charge in [0.1, 0.15) is 4.90 Å². The fraction of sp³-hybridized carbons (Fsp3) is 0.118. The summed E-state index contributed by atoms with van der Waals surface area (Å²) in [5, 5.41) is 5.39. The van der Waals surface area contributed by atoms with Crippen LogP contribution in [-0.2, 0) is 31.5 Å². The standard InChI is InChI=1S/C17H19N7O8S3/c1-24(2)17-21-15(18-10-4-3-5-11(8-10)23-33(25)26)20-16(22-17)19-13-9-12(34(27,28)29)6-7-14(13)35(30,31)32/h3-9,23H,1-2H3,(H,25,26)(H,27,28,29)(H,30,31,32)(H2,18,19,20,21,22). The van der Waals surface area contributed by atoms with Crippen molar-refractivity contribution in [2.24, 2.45) is 0 Å². The van der Waals surface area contributed by atoms with Gasteiger partial charge in [0.2, 0.25) is 17.8 Å². The highest BCUT2D eigenvalue weighted by atomic mass is 32.2. The quantitative estimate of drug-likeness (QED) is 0.165. The predicted molar refractivity (Wildman–Crippen MR) is 128 cm³/mol. The van der Waals surface area contributed by atoms with E-state index in [1.807, 2.05) is 0 Å². The minimum absolute atomic E-state index is 0.0344. The molecule has 6 N–H and O–H groups in total. The van der Waals surface area contributed by atoms with Crippen LogP contribution >= 0.6 is 0 Å². The molecule has 1 aromatic heterocycles. The van der Waals surface area contributed by atoms with Gasteiger partial charge in [-0.15, -0.1) is 0 Å². The molecule has 0 aliphatic heterocycles. The van der Waals surface area contributed by atoms with Crippen molar-refractivity contribution in [1.82, 2.24) is 15.0 Å². The van der Waals surface area contributed by atoms with Gasteiger partial charge in [-0.05, 0) is 36.4 Å². The minimum Gasteiger partial charge on any atom is -0.347 e. The molecule has 0 aliphatic rings. The van der Waals surface area contributed by atoms with E-state index in [0.717, 1.165) is 18.2 Å². The molecule has 2 aromatic carbocycles. The summed E-state index contributed by atoms with van der Waals surface area (Å²) in [4.78, 5) is 12.6. The summed E-state index contributed by atoms with van der Waals surface area (Å²) in [6.07, 6.45) is 0. The largest absolute Gasteiger partial charge is 0.347 e. The fourth-order valence-electron chi connectivity index (χ4n) is 2.68. The first-order valence-electron chi connectivity index (χ1n) is 9.26. The molecule has 1 atom stereocenters. The van der Waals surface area contributed by atoms with Crippen LogP contribution in [0, 0.1) is 0 Å². The number of rotatable bonds is 9. The van der Waals surface area contributed by atoms with Gasteiger partial charge in [0.25, 0.3) is 31.5 Å². The maximum absolute atomic E-state index is 11.8. The second-order valence-electron chi connectivity index (χ2n) is 6.97. The second-order valence-corrected chi connectivity index (χ2v) is 10.5. The van der Waals surface area contributed by atoms with Gasteiger partial charge in [0, 0.05) is 19.8 Å². The molecule has 0 aliphatic carbocycles. The number of nitrogens with zero attached hydrogens (tertiary/aromatic N) is 4. The van der Waals surface area contributed by atoms with Gasteiger partial charge >= 0.3 is 0 Å². The molecular formula is C17H19N7O8S3. The Morgan fingerprint density at radius 3 is 2.06 bits per heavy atom. The third-order valence-electron chi connectivity index (χ3n) is 4.12. The molecule has 3 rings (SSSR count). The predicted octanol–water partition coefficient (Wildman–Crippen LogP) is 1.47. The van der Waals surface area contributed by atoms with E-state index in [9.17, 15) is 30.1 Å². The Morgan fingerprint density at radius 2 is 1.49 bits per heavy atom. The third kappa shape index (κ3) is 7.04. The van der Waals surface area contributed by atoms with E-state index in [2.05, 4.69) is 30.3 Å². The lowest BCUT2D eigenvalue weighted by Crippen LogP contribution is -2.16. The summed E-state index contributed by atoms with van der Waals surface area (Å²) in [6.45, 7) is 0. The van der Waals surface area contributed by atoms with E-state index in [-0.39, 0.29) is 17.8 Å². The van der Waals surface area contributed by atoms with Gasteiger partial charge < -0.3 is 15.5 Å². The summed E-state index contributed by atoms with van der Waals surface area (Å²) in [5.41, 5.74) is 0.297. The summed E-state index contributed by atoms with van der Waals surface area (Å²) >= 11 is -2.29. The van der Waals surface area contributed by atoms with Gasteiger partial charge in [-0.1, -0.05) is 6.07 Å². The van der Waals surface area contributed by atoms with Gasteiger partial charge in [-0.3, -0.25) is 18.4 Å². The van der Waals surface area contributed by atoms with E-state index >= 15 is 0 Å². The molecule has 0 bridgehead atoms. The first-order valence-corrected chi connectivity index (χ1v) is 13.2. The van der Waals surface area contributed by atoms with Crippen LogP contribution in [0.1, 0.15) is 0 Å². The summed E-state index contributed by atoms with van der Waals surface area (Å²) in [5.74, 6) is -0.169. The summed E-state index contributed by atoms with van der Waals surface area (Å²) < 4.78 is 87.7. The minimum atomic E-state index is -4.80. The fourth-order valence-corrected chi connectivity index (χ4v) is 4.14. The van der Waals surface area contributed by atoms with E-state index in [4.69, 9.17) is 4.55 Å². The third-order valence-corrected chi connectivity index (χ3v) is 6.29. The SMILES string of the molecule is CN(C)c1nc(Nc2cccc(NS(=O)O)c2)nc(Nc2cc(S(=O)(=O)O)ccc2S(=O)(=O)O)n1. The molecular weight excluding hydrogens is 526 g/mol. The molecule has 1 unspecified atom stereocenters.